The number of carbonyl (C=O) groups is 2. The fourth-order valence-electron chi connectivity index (χ4n) is 2.19. The van der Waals surface area contributed by atoms with Crippen LogP contribution in [-0.4, -0.2) is 51.5 Å². The molecule has 0 aromatic carbocycles. The molecule has 1 aliphatic rings. The molecule has 2 aromatic rings. The minimum atomic E-state index is -0.128. The fraction of sp³-hybridized carbons (Fsp3) is 0.357. The first kappa shape index (κ1) is 14.2. The lowest BCUT2D eigenvalue weighted by atomic mass is 10.2. The Hall–Kier alpha value is -2.77. The molecule has 114 valence electrons. The molecule has 0 radical (unpaired) electrons. The Labute approximate surface area is 126 Å². The number of hydrogen-bond donors (Lipinski definition) is 1. The van der Waals surface area contributed by atoms with Crippen LogP contribution in [0.15, 0.2) is 29.0 Å². The molecule has 2 aromatic heterocycles. The van der Waals surface area contributed by atoms with Gasteiger partial charge in [0.1, 0.15) is 0 Å². The van der Waals surface area contributed by atoms with Gasteiger partial charge >= 0.3 is 0 Å². The van der Waals surface area contributed by atoms with Crippen LogP contribution in [0, 0.1) is 0 Å². The number of nitrogens with zero attached hydrogens (tertiary/aromatic N) is 4. The van der Waals surface area contributed by atoms with Gasteiger partial charge in [-0.1, -0.05) is 5.16 Å². The largest absolute Gasteiger partial charge is 0.353 e. The summed E-state index contributed by atoms with van der Waals surface area (Å²) in [5.41, 5.74) is 0.761. The summed E-state index contributed by atoms with van der Waals surface area (Å²) in [5, 5.41) is 6.56. The first-order valence-corrected chi connectivity index (χ1v) is 7.00. The molecule has 0 spiro atoms. The Balaban J connectivity index is 1.57. The zero-order valence-corrected chi connectivity index (χ0v) is 11.9. The van der Waals surface area contributed by atoms with Crippen molar-refractivity contribution in [1.29, 1.82) is 0 Å². The van der Waals surface area contributed by atoms with E-state index in [4.69, 9.17) is 4.52 Å². The van der Waals surface area contributed by atoms with Crippen molar-refractivity contribution in [2.75, 3.05) is 19.6 Å². The van der Waals surface area contributed by atoms with Crippen molar-refractivity contribution < 1.29 is 14.1 Å². The molecule has 3 rings (SSSR count). The van der Waals surface area contributed by atoms with Crippen molar-refractivity contribution in [1.82, 2.24) is 25.3 Å². The van der Waals surface area contributed by atoms with Crippen LogP contribution in [0.5, 0.6) is 0 Å². The van der Waals surface area contributed by atoms with Gasteiger partial charge in [0.05, 0.1) is 6.54 Å². The molecular formula is C14H15N5O3. The summed E-state index contributed by atoms with van der Waals surface area (Å²) in [6.07, 6.45) is 3.90. The number of aromatic nitrogens is 3. The van der Waals surface area contributed by atoms with Crippen molar-refractivity contribution in [2.45, 2.75) is 12.8 Å². The summed E-state index contributed by atoms with van der Waals surface area (Å²) in [6.45, 7) is 1.15. The van der Waals surface area contributed by atoms with E-state index in [1.54, 1.807) is 18.5 Å². The first-order chi connectivity index (χ1) is 10.7. The Morgan fingerprint density at radius 1 is 1.45 bits per heavy atom. The molecule has 0 unspecified atom stereocenters. The quantitative estimate of drug-likeness (QED) is 0.854. The van der Waals surface area contributed by atoms with E-state index in [0.29, 0.717) is 31.2 Å². The van der Waals surface area contributed by atoms with Crippen LogP contribution in [0.25, 0.3) is 11.4 Å². The van der Waals surface area contributed by atoms with Gasteiger partial charge in [0, 0.05) is 43.9 Å². The summed E-state index contributed by atoms with van der Waals surface area (Å²) in [4.78, 5) is 33.1. The standard InChI is InChI=1S/C14H15N5O3/c20-11-9-19(7-6-16-11)13(21)4-3-12-17-14(18-22-12)10-2-1-5-15-8-10/h1-2,5,8H,3-4,6-7,9H2,(H,16,20). The summed E-state index contributed by atoms with van der Waals surface area (Å²) >= 11 is 0. The lowest BCUT2D eigenvalue weighted by molar-refractivity contribution is -0.138. The van der Waals surface area contributed by atoms with Crippen molar-refractivity contribution in [3.8, 4) is 11.4 Å². The Morgan fingerprint density at radius 2 is 2.36 bits per heavy atom. The minimum absolute atomic E-state index is 0.0871. The summed E-state index contributed by atoms with van der Waals surface area (Å²) < 4.78 is 5.14. The Morgan fingerprint density at radius 3 is 3.14 bits per heavy atom. The van der Waals surface area contributed by atoms with Crippen LogP contribution >= 0.6 is 0 Å². The van der Waals surface area contributed by atoms with E-state index in [1.165, 1.54) is 4.90 Å². The molecule has 8 heteroatoms. The number of carbonyl (C=O) groups excluding carboxylic acids is 2. The van der Waals surface area contributed by atoms with E-state index in [2.05, 4.69) is 20.4 Å². The second kappa shape index (κ2) is 6.33. The molecule has 1 saturated heterocycles. The third-order valence-electron chi connectivity index (χ3n) is 3.33. The van der Waals surface area contributed by atoms with Gasteiger partial charge in [0.25, 0.3) is 0 Å². The Bertz CT molecular complexity index is 670. The zero-order chi connectivity index (χ0) is 15.4. The van der Waals surface area contributed by atoms with E-state index in [1.807, 2.05) is 6.07 Å². The second-order valence-electron chi connectivity index (χ2n) is 4.92. The SMILES string of the molecule is O=C1CN(C(=O)CCc2nc(-c3cccnc3)no2)CCN1. The van der Waals surface area contributed by atoms with Gasteiger partial charge in [-0.3, -0.25) is 14.6 Å². The number of pyridine rings is 1. The molecule has 0 bridgehead atoms. The molecule has 22 heavy (non-hydrogen) atoms. The summed E-state index contributed by atoms with van der Waals surface area (Å²) in [7, 11) is 0. The lowest BCUT2D eigenvalue weighted by Gasteiger charge is -2.26. The predicted molar refractivity (Wildman–Crippen MR) is 75.4 cm³/mol. The monoisotopic (exact) mass is 301 g/mol. The molecule has 0 saturated carbocycles. The van der Waals surface area contributed by atoms with Crippen LogP contribution in [0.3, 0.4) is 0 Å². The van der Waals surface area contributed by atoms with Gasteiger partial charge in [-0.25, -0.2) is 0 Å². The fourth-order valence-corrected chi connectivity index (χ4v) is 2.19. The summed E-state index contributed by atoms with van der Waals surface area (Å²) in [5.74, 6) is 0.633. The van der Waals surface area contributed by atoms with Crippen LogP contribution in [0.2, 0.25) is 0 Å². The molecule has 0 atom stereocenters. The second-order valence-corrected chi connectivity index (χ2v) is 4.92. The minimum Gasteiger partial charge on any atom is -0.353 e. The maximum atomic E-state index is 12.0. The average molecular weight is 301 g/mol. The summed E-state index contributed by atoms with van der Waals surface area (Å²) in [6, 6.07) is 3.62. The zero-order valence-electron chi connectivity index (χ0n) is 11.9. The molecule has 0 aliphatic carbocycles. The van der Waals surface area contributed by atoms with Gasteiger partial charge in [0.15, 0.2) is 0 Å². The normalized spacial score (nSPS) is 14.7. The maximum Gasteiger partial charge on any atom is 0.239 e. The first-order valence-electron chi connectivity index (χ1n) is 7.00. The molecule has 3 heterocycles. The number of rotatable bonds is 4. The van der Waals surface area contributed by atoms with Gasteiger partial charge in [-0.2, -0.15) is 4.98 Å². The number of aryl methyl sites for hydroxylation is 1. The smallest absolute Gasteiger partial charge is 0.239 e. The van der Waals surface area contributed by atoms with Gasteiger partial charge < -0.3 is 14.7 Å². The molecule has 2 amide bonds. The molecular weight excluding hydrogens is 286 g/mol. The number of amides is 2. The average Bonchev–Trinajstić information content (AvgIpc) is 3.02. The highest BCUT2D eigenvalue weighted by Crippen LogP contribution is 2.14. The topological polar surface area (TPSA) is 101 Å². The molecule has 1 N–H and O–H groups in total. The van der Waals surface area contributed by atoms with Crippen molar-refractivity contribution in [3.63, 3.8) is 0 Å². The number of hydrogen-bond acceptors (Lipinski definition) is 6. The molecule has 8 nitrogen and oxygen atoms in total. The van der Waals surface area contributed by atoms with E-state index < -0.39 is 0 Å². The van der Waals surface area contributed by atoms with E-state index >= 15 is 0 Å². The van der Waals surface area contributed by atoms with Gasteiger partial charge in [-0.15, -0.1) is 0 Å². The molecule has 1 aliphatic heterocycles. The molecule has 1 fully saturated rings. The van der Waals surface area contributed by atoms with Crippen molar-refractivity contribution in [3.05, 3.63) is 30.4 Å². The lowest BCUT2D eigenvalue weighted by Crippen LogP contribution is -2.50. The van der Waals surface area contributed by atoms with E-state index in [0.717, 1.165) is 5.56 Å². The maximum absolute atomic E-state index is 12.0. The van der Waals surface area contributed by atoms with Crippen LogP contribution < -0.4 is 5.32 Å². The highest BCUT2D eigenvalue weighted by molar-refractivity contribution is 5.85. The van der Waals surface area contributed by atoms with Crippen LogP contribution in [0.4, 0.5) is 0 Å². The van der Waals surface area contributed by atoms with Gasteiger partial charge in [-0.05, 0) is 12.1 Å². The highest BCUT2D eigenvalue weighted by Gasteiger charge is 2.21. The highest BCUT2D eigenvalue weighted by atomic mass is 16.5. The van der Waals surface area contributed by atoms with E-state index in [-0.39, 0.29) is 24.8 Å². The van der Waals surface area contributed by atoms with Crippen LogP contribution in [-0.2, 0) is 16.0 Å². The van der Waals surface area contributed by atoms with Crippen molar-refractivity contribution >= 4 is 11.8 Å². The number of piperazine rings is 1. The third kappa shape index (κ3) is 3.27. The Kier molecular flexibility index (Phi) is 4.08. The number of nitrogens with one attached hydrogen (secondary N) is 1. The predicted octanol–water partition coefficient (Wildman–Crippen LogP) is 0.0226. The van der Waals surface area contributed by atoms with E-state index in [9.17, 15) is 9.59 Å². The van der Waals surface area contributed by atoms with Crippen LogP contribution in [0.1, 0.15) is 12.3 Å². The van der Waals surface area contributed by atoms with Crippen molar-refractivity contribution in [2.24, 2.45) is 0 Å². The van der Waals surface area contributed by atoms with Gasteiger partial charge in [0.2, 0.25) is 23.5 Å². The third-order valence-corrected chi connectivity index (χ3v) is 3.33.